The molecule has 26 heavy (non-hydrogen) atoms. The lowest BCUT2D eigenvalue weighted by Gasteiger charge is -2.38. The van der Waals surface area contributed by atoms with Gasteiger partial charge >= 0.3 is 5.97 Å². The average molecular weight is 356 g/mol. The first-order chi connectivity index (χ1) is 12.5. The largest absolute Gasteiger partial charge is 0.481 e. The first kappa shape index (κ1) is 18.6. The molecule has 5 heteroatoms. The second-order valence-electron chi connectivity index (χ2n) is 7.61. The third-order valence-electron chi connectivity index (χ3n) is 5.83. The van der Waals surface area contributed by atoms with Crippen molar-refractivity contribution in [2.45, 2.75) is 33.2 Å². The van der Waals surface area contributed by atoms with Crippen LogP contribution in [-0.2, 0) is 16.1 Å². The average Bonchev–Trinajstić information content (AvgIpc) is 2.64. The number of amides is 1. The van der Waals surface area contributed by atoms with Gasteiger partial charge in [-0.15, -0.1) is 0 Å². The quantitative estimate of drug-likeness (QED) is 0.843. The second-order valence-corrected chi connectivity index (χ2v) is 7.61. The number of hydrogen-bond donors (Lipinski definition) is 1. The van der Waals surface area contributed by atoms with E-state index in [-0.39, 0.29) is 5.91 Å². The maximum Gasteiger partial charge on any atom is 0.307 e. The number of hydrogen-bond acceptors (Lipinski definition) is 3. The molecular formula is C21H28N2O3. The Morgan fingerprint density at radius 3 is 2.12 bits per heavy atom. The molecule has 1 amide bonds. The Morgan fingerprint density at radius 2 is 1.54 bits per heavy atom. The van der Waals surface area contributed by atoms with E-state index in [4.69, 9.17) is 0 Å². The van der Waals surface area contributed by atoms with Gasteiger partial charge in [0.25, 0.3) is 0 Å². The number of carbonyl (C=O) groups is 2. The fourth-order valence-corrected chi connectivity index (χ4v) is 4.01. The molecule has 0 unspecified atom stereocenters. The molecule has 1 aromatic rings. The fourth-order valence-electron chi connectivity index (χ4n) is 4.01. The molecule has 0 spiro atoms. The summed E-state index contributed by atoms with van der Waals surface area (Å²) in [6.45, 7) is 7.91. The highest BCUT2D eigenvalue weighted by Gasteiger charge is 2.39. The minimum atomic E-state index is -0.849. The van der Waals surface area contributed by atoms with Crippen molar-refractivity contribution < 1.29 is 14.7 Å². The second kappa shape index (κ2) is 8.04. The normalized spacial score (nSPS) is 24.6. The van der Waals surface area contributed by atoms with Crippen LogP contribution >= 0.6 is 0 Å². The Kier molecular flexibility index (Phi) is 5.77. The minimum Gasteiger partial charge on any atom is -0.481 e. The summed E-state index contributed by atoms with van der Waals surface area (Å²) in [7, 11) is 0. The lowest BCUT2D eigenvalue weighted by molar-refractivity contribution is -0.151. The molecule has 1 aromatic carbocycles. The van der Waals surface area contributed by atoms with E-state index in [1.165, 1.54) is 11.1 Å². The Balaban J connectivity index is 1.60. The third kappa shape index (κ3) is 4.15. The zero-order valence-electron chi connectivity index (χ0n) is 15.6. The monoisotopic (exact) mass is 356 g/mol. The molecule has 1 aliphatic heterocycles. The summed E-state index contributed by atoms with van der Waals surface area (Å²) in [6.07, 6.45) is 1.07. The number of allylic oxidation sites excluding steroid dienone is 2. The van der Waals surface area contributed by atoms with Gasteiger partial charge in [0.2, 0.25) is 5.91 Å². The number of aliphatic carboxylic acids is 1. The molecule has 2 atom stereocenters. The van der Waals surface area contributed by atoms with Gasteiger partial charge in [0.05, 0.1) is 11.8 Å². The summed E-state index contributed by atoms with van der Waals surface area (Å²) in [6, 6.07) is 10.3. The van der Waals surface area contributed by atoms with Crippen LogP contribution in [0.25, 0.3) is 0 Å². The molecule has 3 rings (SSSR count). The van der Waals surface area contributed by atoms with Crippen LogP contribution in [0, 0.1) is 11.8 Å². The maximum absolute atomic E-state index is 13.0. The molecule has 140 valence electrons. The molecule has 1 N–H and O–H groups in total. The predicted molar refractivity (Wildman–Crippen MR) is 101 cm³/mol. The summed E-state index contributed by atoms with van der Waals surface area (Å²) in [5.74, 6) is -1.84. The van der Waals surface area contributed by atoms with Crippen LogP contribution in [0.1, 0.15) is 32.3 Å². The molecule has 1 fully saturated rings. The van der Waals surface area contributed by atoms with Gasteiger partial charge in [-0.25, -0.2) is 0 Å². The lowest BCUT2D eigenvalue weighted by atomic mass is 9.76. The van der Waals surface area contributed by atoms with Crippen LogP contribution < -0.4 is 0 Å². The number of carbonyl (C=O) groups excluding carboxylic acids is 1. The van der Waals surface area contributed by atoms with Crippen molar-refractivity contribution in [2.24, 2.45) is 11.8 Å². The minimum absolute atomic E-state index is 0.0172. The molecule has 2 aliphatic rings. The molecular weight excluding hydrogens is 328 g/mol. The lowest BCUT2D eigenvalue weighted by Crippen LogP contribution is -2.51. The zero-order chi connectivity index (χ0) is 18.7. The Hall–Kier alpha value is -2.14. The fraction of sp³-hybridized carbons (Fsp3) is 0.524. The summed E-state index contributed by atoms with van der Waals surface area (Å²) >= 11 is 0. The summed E-state index contributed by atoms with van der Waals surface area (Å²) in [5, 5.41) is 9.56. The zero-order valence-corrected chi connectivity index (χ0v) is 15.6. The Morgan fingerprint density at radius 1 is 0.962 bits per heavy atom. The highest BCUT2D eigenvalue weighted by atomic mass is 16.4. The van der Waals surface area contributed by atoms with E-state index in [1.54, 1.807) is 0 Å². The van der Waals surface area contributed by atoms with Gasteiger partial charge in [0.15, 0.2) is 0 Å². The molecule has 0 saturated carbocycles. The number of piperazine rings is 1. The number of carboxylic acid groups (broad SMARTS) is 1. The standard InChI is InChI=1S/C21H28N2O3/c1-15-12-18(19(21(25)26)13-16(15)2)20(24)23-10-8-22(9-11-23)14-17-6-4-3-5-7-17/h3-7,18-19H,8-14H2,1-2H3,(H,25,26)/t18-,19-/m1/s1. The third-order valence-corrected chi connectivity index (χ3v) is 5.83. The Labute approximate surface area is 155 Å². The van der Waals surface area contributed by atoms with Gasteiger partial charge in [0, 0.05) is 32.7 Å². The van der Waals surface area contributed by atoms with Crippen molar-refractivity contribution in [2.75, 3.05) is 26.2 Å². The highest BCUT2D eigenvalue weighted by Crippen LogP contribution is 2.35. The van der Waals surface area contributed by atoms with Crippen LogP contribution in [0.2, 0.25) is 0 Å². The van der Waals surface area contributed by atoms with E-state index in [1.807, 2.05) is 36.9 Å². The molecule has 1 heterocycles. The highest BCUT2D eigenvalue weighted by molar-refractivity contribution is 5.85. The SMILES string of the molecule is CC1=C(C)C[C@@H](C(=O)N2CCN(Cc3ccccc3)CC2)[C@H](C(=O)O)C1. The maximum atomic E-state index is 13.0. The van der Waals surface area contributed by atoms with Gasteiger partial charge in [-0.1, -0.05) is 41.5 Å². The summed E-state index contributed by atoms with van der Waals surface area (Å²) in [4.78, 5) is 28.9. The van der Waals surface area contributed by atoms with Crippen molar-refractivity contribution >= 4 is 11.9 Å². The van der Waals surface area contributed by atoms with Crippen LogP contribution in [0.4, 0.5) is 0 Å². The van der Waals surface area contributed by atoms with E-state index in [0.29, 0.717) is 25.9 Å². The molecule has 1 saturated heterocycles. The van der Waals surface area contributed by atoms with Gasteiger partial charge in [-0.3, -0.25) is 14.5 Å². The van der Waals surface area contributed by atoms with Crippen molar-refractivity contribution in [1.29, 1.82) is 0 Å². The first-order valence-corrected chi connectivity index (χ1v) is 9.39. The van der Waals surface area contributed by atoms with E-state index >= 15 is 0 Å². The van der Waals surface area contributed by atoms with Crippen molar-refractivity contribution in [1.82, 2.24) is 9.80 Å². The van der Waals surface area contributed by atoms with E-state index in [2.05, 4.69) is 17.0 Å². The van der Waals surface area contributed by atoms with Crippen LogP contribution in [-0.4, -0.2) is 53.0 Å². The van der Waals surface area contributed by atoms with Crippen molar-refractivity contribution in [3.63, 3.8) is 0 Å². The smallest absolute Gasteiger partial charge is 0.307 e. The Bertz CT molecular complexity index is 690. The molecule has 1 aliphatic carbocycles. The summed E-state index contributed by atoms with van der Waals surface area (Å²) in [5.41, 5.74) is 3.57. The number of nitrogens with zero attached hydrogens (tertiary/aromatic N) is 2. The summed E-state index contributed by atoms with van der Waals surface area (Å²) < 4.78 is 0. The van der Waals surface area contributed by atoms with Gasteiger partial charge in [0.1, 0.15) is 0 Å². The molecule has 0 bridgehead atoms. The van der Waals surface area contributed by atoms with Crippen molar-refractivity contribution in [3.05, 3.63) is 47.0 Å². The predicted octanol–water partition coefficient (Wildman–Crippen LogP) is 2.78. The molecule has 0 radical (unpaired) electrons. The van der Waals surface area contributed by atoms with E-state index in [0.717, 1.165) is 25.2 Å². The molecule has 0 aromatic heterocycles. The number of rotatable bonds is 4. The number of carboxylic acids is 1. The van der Waals surface area contributed by atoms with Gasteiger partial charge in [-0.2, -0.15) is 0 Å². The van der Waals surface area contributed by atoms with Gasteiger partial charge in [-0.05, 0) is 32.3 Å². The first-order valence-electron chi connectivity index (χ1n) is 9.39. The van der Waals surface area contributed by atoms with E-state index < -0.39 is 17.8 Å². The van der Waals surface area contributed by atoms with E-state index in [9.17, 15) is 14.7 Å². The van der Waals surface area contributed by atoms with Crippen molar-refractivity contribution in [3.8, 4) is 0 Å². The van der Waals surface area contributed by atoms with Crippen LogP contribution in [0.3, 0.4) is 0 Å². The van der Waals surface area contributed by atoms with Crippen LogP contribution in [0.5, 0.6) is 0 Å². The number of benzene rings is 1. The van der Waals surface area contributed by atoms with Gasteiger partial charge < -0.3 is 10.0 Å². The van der Waals surface area contributed by atoms with Crippen LogP contribution in [0.15, 0.2) is 41.5 Å². The molecule has 5 nitrogen and oxygen atoms in total. The topological polar surface area (TPSA) is 60.9 Å².